The van der Waals surface area contributed by atoms with E-state index < -0.39 is 6.09 Å². The van der Waals surface area contributed by atoms with Crippen molar-refractivity contribution in [1.82, 2.24) is 10.6 Å². The highest BCUT2D eigenvalue weighted by atomic mass is 16.6. The average Bonchev–Trinajstić information content (AvgIpc) is 2.99. The van der Waals surface area contributed by atoms with Gasteiger partial charge in [0.1, 0.15) is 24.6 Å². The third kappa shape index (κ3) is 9.56. The topological polar surface area (TPSA) is 121 Å². The van der Waals surface area contributed by atoms with Crippen LogP contribution in [0, 0.1) is 23.7 Å². The molecular weight excluding hydrogens is 552 g/mol. The van der Waals surface area contributed by atoms with Gasteiger partial charge < -0.3 is 34.3 Å². The molecule has 0 radical (unpaired) electrons. The number of carbonyl (C=O) groups excluding carboxylic acids is 3. The number of hydrogen-bond acceptors (Lipinski definition) is 8. The van der Waals surface area contributed by atoms with Crippen LogP contribution in [-0.4, -0.2) is 70.2 Å². The quantitative estimate of drug-likeness (QED) is 0.254. The van der Waals surface area contributed by atoms with Crippen molar-refractivity contribution >= 4 is 18.0 Å². The average molecular weight is 599 g/mol. The van der Waals surface area contributed by atoms with Gasteiger partial charge >= 0.3 is 12.1 Å². The van der Waals surface area contributed by atoms with Crippen LogP contribution in [0.2, 0.25) is 0 Å². The largest absolute Gasteiger partial charge is 0.497 e. The highest BCUT2D eigenvalue weighted by Gasteiger charge is 2.42. The Bertz CT molecular complexity index is 1150. The summed E-state index contributed by atoms with van der Waals surface area (Å²) in [5.41, 5.74) is 2.23. The van der Waals surface area contributed by atoms with E-state index in [1.807, 2.05) is 24.3 Å². The van der Waals surface area contributed by atoms with Gasteiger partial charge in [0.25, 0.3) is 0 Å². The first-order valence-electron chi connectivity index (χ1n) is 15.3. The van der Waals surface area contributed by atoms with Crippen LogP contribution < -0.4 is 15.4 Å². The van der Waals surface area contributed by atoms with Gasteiger partial charge in [-0.3, -0.25) is 9.59 Å². The van der Waals surface area contributed by atoms with E-state index in [1.165, 1.54) is 5.57 Å². The number of cyclic esters (lactones) is 1. The Balaban J connectivity index is 1.31. The fraction of sp³-hybridized carbons (Fsp3) is 0.606. The maximum absolute atomic E-state index is 12.7. The van der Waals surface area contributed by atoms with E-state index >= 15 is 0 Å². The zero-order valence-electron chi connectivity index (χ0n) is 25.7. The molecule has 1 heterocycles. The summed E-state index contributed by atoms with van der Waals surface area (Å²) in [5.74, 6) is 1.20. The number of rotatable bonds is 13. The van der Waals surface area contributed by atoms with E-state index in [-0.39, 0.29) is 80.0 Å². The molecule has 2 N–H and O–H groups in total. The zero-order chi connectivity index (χ0) is 30.8. The molecule has 1 fully saturated rings. The van der Waals surface area contributed by atoms with Crippen molar-refractivity contribution in [2.75, 3.05) is 33.9 Å². The van der Waals surface area contributed by atoms with Crippen LogP contribution in [0.3, 0.4) is 0 Å². The van der Waals surface area contributed by atoms with E-state index in [1.54, 1.807) is 14.2 Å². The number of likely N-dealkylation sites (N-methyl/N-ethyl adjacent to an activating group) is 1. The molecule has 3 aliphatic rings. The molecule has 43 heavy (non-hydrogen) atoms. The molecule has 7 atom stereocenters. The molecule has 1 aromatic rings. The summed E-state index contributed by atoms with van der Waals surface area (Å²) in [4.78, 5) is 36.5. The summed E-state index contributed by atoms with van der Waals surface area (Å²) in [6, 6.07) is 7.73. The summed E-state index contributed by atoms with van der Waals surface area (Å²) in [5, 5.41) is 5.23. The predicted molar refractivity (Wildman–Crippen MR) is 160 cm³/mol. The summed E-state index contributed by atoms with van der Waals surface area (Å²) in [6.45, 7) is 5.17. The lowest BCUT2D eigenvalue weighted by Crippen LogP contribution is -2.43. The number of ether oxygens (including phenoxy) is 5. The van der Waals surface area contributed by atoms with Crippen LogP contribution in [-0.2, 0) is 35.1 Å². The summed E-state index contributed by atoms with van der Waals surface area (Å²) in [7, 11) is 3.18. The van der Waals surface area contributed by atoms with Crippen molar-refractivity contribution in [3.63, 3.8) is 0 Å². The summed E-state index contributed by atoms with van der Waals surface area (Å²) < 4.78 is 28.4. The van der Waals surface area contributed by atoms with Crippen LogP contribution in [0.4, 0.5) is 4.79 Å². The Labute approximate surface area is 254 Å². The molecule has 0 saturated carbocycles. The highest BCUT2D eigenvalue weighted by Crippen LogP contribution is 2.45. The second-order valence-corrected chi connectivity index (χ2v) is 11.8. The lowest BCUT2D eigenvalue weighted by Gasteiger charge is -2.43. The van der Waals surface area contributed by atoms with E-state index in [9.17, 15) is 14.4 Å². The van der Waals surface area contributed by atoms with Crippen molar-refractivity contribution in [3.05, 3.63) is 53.6 Å². The van der Waals surface area contributed by atoms with Crippen molar-refractivity contribution in [2.24, 2.45) is 23.7 Å². The third-order valence-electron chi connectivity index (χ3n) is 8.57. The van der Waals surface area contributed by atoms with Gasteiger partial charge in [-0.15, -0.1) is 0 Å². The van der Waals surface area contributed by atoms with Gasteiger partial charge in [-0.1, -0.05) is 44.2 Å². The van der Waals surface area contributed by atoms with Crippen LogP contribution in [0.15, 0.2) is 48.1 Å². The summed E-state index contributed by atoms with van der Waals surface area (Å²) in [6.07, 6.45) is 8.74. The third-order valence-corrected chi connectivity index (χ3v) is 8.57. The first-order chi connectivity index (χ1) is 20.7. The number of methoxy groups -OCH3 is 1. The number of nitrogens with one attached hydrogen (secondary N) is 2. The van der Waals surface area contributed by atoms with Gasteiger partial charge in [-0.2, -0.15) is 0 Å². The van der Waals surface area contributed by atoms with Gasteiger partial charge in [0, 0.05) is 25.9 Å². The molecule has 1 saturated heterocycles. The number of alkyl carbamates (subject to hydrolysis) is 1. The van der Waals surface area contributed by atoms with Crippen LogP contribution in [0.5, 0.6) is 5.75 Å². The molecule has 10 nitrogen and oxygen atoms in total. The van der Waals surface area contributed by atoms with Crippen molar-refractivity contribution in [2.45, 2.75) is 70.9 Å². The molecular formula is C33H46N2O8. The summed E-state index contributed by atoms with van der Waals surface area (Å²) >= 11 is 0. The van der Waals surface area contributed by atoms with E-state index in [0.29, 0.717) is 13.0 Å². The Morgan fingerprint density at radius 2 is 1.88 bits per heavy atom. The number of allylic oxidation sites excluding steroid dienone is 3. The second kappa shape index (κ2) is 15.9. The van der Waals surface area contributed by atoms with Gasteiger partial charge in [0.05, 0.1) is 32.8 Å². The molecule has 10 heteroatoms. The molecule has 2 amide bonds. The van der Waals surface area contributed by atoms with E-state index in [0.717, 1.165) is 30.6 Å². The van der Waals surface area contributed by atoms with Crippen LogP contribution >= 0.6 is 0 Å². The minimum Gasteiger partial charge on any atom is -0.497 e. The molecule has 0 bridgehead atoms. The second-order valence-electron chi connectivity index (χ2n) is 11.8. The minimum atomic E-state index is -0.485. The van der Waals surface area contributed by atoms with Crippen molar-refractivity contribution in [1.29, 1.82) is 0 Å². The SMILES string of the molecule is CNC(=O)COCCNC(=O)O[C@H]1C[C@@H](C)C=C2C=C[C@H](C)[C@H](CC[C@@H]3C[C@@H](OCc4ccc(OC)cc4)CC(=O)O3)[C@H]21. The number of benzene rings is 1. The monoisotopic (exact) mass is 598 g/mol. The molecule has 0 unspecified atom stereocenters. The molecule has 236 valence electrons. The standard InChI is InChI=1S/C33H46N2O8/c1-21-15-24-8-5-22(2)28(32(24)29(16-21)43-33(38)35-13-14-40-20-30(36)34-3)12-11-26-17-27(18-31(37)42-26)41-19-23-6-9-25(39-4)10-7-23/h5-10,15,21-22,26-29,32H,11-14,16-20H2,1-4H3,(H,34,36)(H,35,38)/t21-,22-,26+,27+,28-,29-,32-/m0/s1. The maximum Gasteiger partial charge on any atom is 0.407 e. The van der Waals surface area contributed by atoms with Gasteiger partial charge in [-0.05, 0) is 60.3 Å². The van der Waals surface area contributed by atoms with E-state index in [2.05, 4.69) is 42.7 Å². The fourth-order valence-electron chi connectivity index (χ4n) is 6.33. The predicted octanol–water partition coefficient (Wildman–Crippen LogP) is 4.33. The number of carbonyl (C=O) groups is 3. The molecule has 0 spiro atoms. The first kappa shape index (κ1) is 32.5. The Kier molecular flexibility index (Phi) is 12.0. The Morgan fingerprint density at radius 1 is 1.09 bits per heavy atom. The fourth-order valence-corrected chi connectivity index (χ4v) is 6.33. The lowest BCUT2D eigenvalue weighted by atomic mass is 9.65. The number of fused-ring (bicyclic) bond motifs is 1. The van der Waals surface area contributed by atoms with Gasteiger partial charge in [0.2, 0.25) is 5.91 Å². The first-order valence-corrected chi connectivity index (χ1v) is 15.3. The lowest BCUT2D eigenvalue weighted by molar-refractivity contribution is -0.164. The number of esters is 1. The zero-order valence-corrected chi connectivity index (χ0v) is 25.7. The van der Waals surface area contributed by atoms with Crippen LogP contribution in [0.1, 0.15) is 51.5 Å². The number of hydrogen-bond donors (Lipinski definition) is 2. The smallest absolute Gasteiger partial charge is 0.407 e. The van der Waals surface area contributed by atoms with Crippen molar-refractivity contribution < 1.29 is 38.1 Å². The van der Waals surface area contributed by atoms with Gasteiger partial charge in [0.15, 0.2) is 0 Å². The van der Waals surface area contributed by atoms with Gasteiger partial charge in [-0.25, -0.2) is 4.79 Å². The molecule has 1 aliphatic heterocycles. The van der Waals surface area contributed by atoms with Crippen LogP contribution in [0.25, 0.3) is 0 Å². The molecule has 0 aromatic heterocycles. The highest BCUT2D eigenvalue weighted by molar-refractivity contribution is 5.76. The minimum absolute atomic E-state index is 0.0542. The molecule has 4 rings (SSSR count). The normalized spacial score (nSPS) is 28.2. The Hall–Kier alpha value is -3.37. The maximum atomic E-state index is 12.7. The van der Waals surface area contributed by atoms with E-state index in [4.69, 9.17) is 23.7 Å². The molecule has 2 aliphatic carbocycles. The number of amides is 2. The molecule has 1 aromatic carbocycles. The Morgan fingerprint density at radius 3 is 2.63 bits per heavy atom. The van der Waals surface area contributed by atoms with Crippen molar-refractivity contribution in [3.8, 4) is 5.75 Å².